The summed E-state index contributed by atoms with van der Waals surface area (Å²) >= 11 is 7.68. The maximum absolute atomic E-state index is 6.15. The fraction of sp³-hybridized carbons (Fsp3) is 0.333. The molecule has 2 rings (SSSR count). The Kier molecular flexibility index (Phi) is 2.56. The van der Waals surface area contributed by atoms with Crippen molar-refractivity contribution in [3.63, 3.8) is 0 Å². The highest BCUT2D eigenvalue weighted by Crippen LogP contribution is 2.23. The van der Waals surface area contributed by atoms with Crippen molar-refractivity contribution in [3.8, 4) is 5.13 Å². The van der Waals surface area contributed by atoms with Gasteiger partial charge < -0.3 is 0 Å². The van der Waals surface area contributed by atoms with E-state index in [0.29, 0.717) is 5.15 Å². The van der Waals surface area contributed by atoms with E-state index in [1.165, 1.54) is 11.3 Å². The van der Waals surface area contributed by atoms with Gasteiger partial charge in [-0.1, -0.05) is 18.5 Å². The minimum atomic E-state index is 0.664. The van der Waals surface area contributed by atoms with Crippen LogP contribution >= 0.6 is 22.9 Å². The predicted octanol–water partition coefficient (Wildman–Crippen LogP) is 2.85. The van der Waals surface area contributed by atoms with Gasteiger partial charge in [0.2, 0.25) is 5.13 Å². The molecule has 2 aromatic rings. The number of halogens is 1. The monoisotopic (exact) mass is 227 g/mol. The summed E-state index contributed by atoms with van der Waals surface area (Å²) in [5, 5.41) is 7.80. The summed E-state index contributed by atoms with van der Waals surface area (Å²) in [6.07, 6.45) is 2.64. The standard InChI is InChI=1S/C9H10ClN3S/c1-3-7-6(2)8(10)13(12-7)9-11-4-5-14-9/h4-5H,3H2,1-2H3. The normalized spacial score (nSPS) is 10.8. The number of thiazole rings is 1. The lowest BCUT2D eigenvalue weighted by Gasteiger charge is -1.95. The van der Waals surface area contributed by atoms with E-state index in [9.17, 15) is 0 Å². The van der Waals surface area contributed by atoms with Crippen molar-refractivity contribution in [2.75, 3.05) is 0 Å². The van der Waals surface area contributed by atoms with E-state index in [4.69, 9.17) is 11.6 Å². The number of aromatic nitrogens is 3. The first-order chi connectivity index (χ1) is 6.74. The second kappa shape index (κ2) is 3.71. The van der Waals surface area contributed by atoms with Gasteiger partial charge in [0.25, 0.3) is 0 Å². The lowest BCUT2D eigenvalue weighted by molar-refractivity contribution is 0.834. The molecule has 3 nitrogen and oxygen atoms in total. The van der Waals surface area contributed by atoms with Crippen molar-refractivity contribution < 1.29 is 0 Å². The first-order valence-corrected chi connectivity index (χ1v) is 5.63. The first-order valence-electron chi connectivity index (χ1n) is 4.38. The van der Waals surface area contributed by atoms with Crippen LogP contribution in [-0.2, 0) is 6.42 Å². The van der Waals surface area contributed by atoms with Crippen LogP contribution in [0.4, 0.5) is 0 Å². The average molecular weight is 228 g/mol. The van der Waals surface area contributed by atoms with E-state index in [2.05, 4.69) is 17.0 Å². The number of nitrogens with zero attached hydrogens (tertiary/aromatic N) is 3. The summed E-state index contributed by atoms with van der Waals surface area (Å²) < 4.78 is 1.69. The van der Waals surface area contributed by atoms with Gasteiger partial charge >= 0.3 is 0 Å². The summed E-state index contributed by atoms with van der Waals surface area (Å²) in [5.41, 5.74) is 2.08. The van der Waals surface area contributed by atoms with Crippen LogP contribution in [0.25, 0.3) is 5.13 Å². The van der Waals surface area contributed by atoms with Gasteiger partial charge in [-0.05, 0) is 13.3 Å². The zero-order chi connectivity index (χ0) is 10.1. The maximum Gasteiger partial charge on any atom is 0.211 e. The molecule has 0 spiro atoms. The van der Waals surface area contributed by atoms with Crippen LogP contribution in [0.15, 0.2) is 11.6 Å². The Morgan fingerprint density at radius 2 is 2.36 bits per heavy atom. The van der Waals surface area contributed by atoms with E-state index >= 15 is 0 Å². The zero-order valence-corrected chi connectivity index (χ0v) is 9.56. The highest BCUT2D eigenvalue weighted by atomic mass is 35.5. The van der Waals surface area contributed by atoms with Crippen molar-refractivity contribution in [2.45, 2.75) is 20.3 Å². The Morgan fingerprint density at radius 1 is 1.57 bits per heavy atom. The van der Waals surface area contributed by atoms with Gasteiger partial charge in [0, 0.05) is 17.1 Å². The summed E-state index contributed by atoms with van der Waals surface area (Å²) in [4.78, 5) is 4.17. The number of rotatable bonds is 2. The van der Waals surface area contributed by atoms with Crippen molar-refractivity contribution in [3.05, 3.63) is 28.0 Å². The van der Waals surface area contributed by atoms with Crippen molar-refractivity contribution in [2.24, 2.45) is 0 Å². The third kappa shape index (κ3) is 1.44. The fourth-order valence-corrected chi connectivity index (χ4v) is 2.17. The van der Waals surface area contributed by atoms with Crippen molar-refractivity contribution >= 4 is 22.9 Å². The quantitative estimate of drug-likeness (QED) is 0.790. The van der Waals surface area contributed by atoms with E-state index in [-0.39, 0.29) is 0 Å². The molecule has 2 heterocycles. The second-order valence-corrected chi connectivity index (χ2v) is 4.17. The lowest BCUT2D eigenvalue weighted by atomic mass is 10.2. The number of hydrogen-bond donors (Lipinski definition) is 0. The topological polar surface area (TPSA) is 30.7 Å². The molecule has 0 N–H and O–H groups in total. The lowest BCUT2D eigenvalue weighted by Crippen LogP contribution is -1.95. The molecule has 5 heteroatoms. The Labute approximate surface area is 91.4 Å². The predicted molar refractivity (Wildman–Crippen MR) is 58.4 cm³/mol. The summed E-state index contributed by atoms with van der Waals surface area (Å²) in [6, 6.07) is 0. The van der Waals surface area contributed by atoms with Gasteiger partial charge in [0.1, 0.15) is 5.15 Å². The molecule has 0 saturated carbocycles. The minimum absolute atomic E-state index is 0.664. The van der Waals surface area contributed by atoms with Crippen LogP contribution in [0, 0.1) is 6.92 Å². The molecular formula is C9H10ClN3S. The molecule has 0 saturated heterocycles. The Hall–Kier alpha value is -0.870. The van der Waals surface area contributed by atoms with Crippen LogP contribution in [0.5, 0.6) is 0 Å². The van der Waals surface area contributed by atoms with Crippen LogP contribution in [0.2, 0.25) is 5.15 Å². The molecule has 0 amide bonds. The summed E-state index contributed by atoms with van der Waals surface area (Å²) in [6.45, 7) is 4.05. The van der Waals surface area contributed by atoms with E-state index in [1.807, 2.05) is 12.3 Å². The number of aryl methyl sites for hydroxylation is 1. The molecule has 0 aromatic carbocycles. The average Bonchev–Trinajstić information content (AvgIpc) is 2.78. The SMILES string of the molecule is CCc1nn(-c2nccs2)c(Cl)c1C. The molecule has 0 atom stereocenters. The van der Waals surface area contributed by atoms with Crippen LogP contribution in [-0.4, -0.2) is 14.8 Å². The van der Waals surface area contributed by atoms with E-state index in [1.54, 1.807) is 10.9 Å². The van der Waals surface area contributed by atoms with Gasteiger partial charge in [0.05, 0.1) is 5.69 Å². The summed E-state index contributed by atoms with van der Waals surface area (Å²) in [7, 11) is 0. The smallest absolute Gasteiger partial charge is 0.211 e. The van der Waals surface area contributed by atoms with Crippen molar-refractivity contribution in [1.29, 1.82) is 0 Å². The van der Waals surface area contributed by atoms with Gasteiger partial charge in [-0.15, -0.1) is 11.3 Å². The molecule has 0 bridgehead atoms. The molecule has 0 aliphatic rings. The fourth-order valence-electron chi connectivity index (χ4n) is 1.30. The molecule has 0 radical (unpaired) electrons. The third-order valence-corrected chi connectivity index (χ3v) is 3.27. The second-order valence-electron chi connectivity index (χ2n) is 2.94. The van der Waals surface area contributed by atoms with Crippen LogP contribution in [0.1, 0.15) is 18.2 Å². The molecule has 2 aromatic heterocycles. The van der Waals surface area contributed by atoms with Crippen LogP contribution < -0.4 is 0 Å². The molecule has 14 heavy (non-hydrogen) atoms. The largest absolute Gasteiger partial charge is 0.227 e. The highest BCUT2D eigenvalue weighted by Gasteiger charge is 2.13. The maximum atomic E-state index is 6.15. The molecule has 0 fully saturated rings. The van der Waals surface area contributed by atoms with E-state index < -0.39 is 0 Å². The van der Waals surface area contributed by atoms with Gasteiger partial charge in [-0.3, -0.25) is 0 Å². The molecular weight excluding hydrogens is 218 g/mol. The van der Waals surface area contributed by atoms with Gasteiger partial charge in [-0.25, -0.2) is 4.98 Å². The molecule has 0 aliphatic carbocycles. The first kappa shape index (κ1) is 9.68. The molecule has 0 unspecified atom stereocenters. The molecule has 0 aliphatic heterocycles. The van der Waals surface area contributed by atoms with Crippen LogP contribution in [0.3, 0.4) is 0 Å². The Morgan fingerprint density at radius 3 is 2.86 bits per heavy atom. The van der Waals surface area contributed by atoms with E-state index in [0.717, 1.165) is 22.8 Å². The van der Waals surface area contributed by atoms with Gasteiger partial charge in [-0.2, -0.15) is 9.78 Å². The highest BCUT2D eigenvalue weighted by molar-refractivity contribution is 7.12. The zero-order valence-electron chi connectivity index (χ0n) is 7.99. The van der Waals surface area contributed by atoms with Gasteiger partial charge in [0.15, 0.2) is 0 Å². The minimum Gasteiger partial charge on any atom is -0.227 e. The Balaban J connectivity index is 2.55. The Bertz CT molecular complexity index is 433. The summed E-state index contributed by atoms with van der Waals surface area (Å²) in [5.74, 6) is 0. The third-order valence-electron chi connectivity index (χ3n) is 2.08. The van der Waals surface area contributed by atoms with Crippen molar-refractivity contribution in [1.82, 2.24) is 14.8 Å². The molecule has 74 valence electrons. The number of hydrogen-bond acceptors (Lipinski definition) is 3.